The first-order valence-corrected chi connectivity index (χ1v) is 5.99. The summed E-state index contributed by atoms with van der Waals surface area (Å²) in [5.41, 5.74) is 1.43. The molecule has 0 spiro atoms. The van der Waals surface area contributed by atoms with Crippen molar-refractivity contribution in [2.45, 2.75) is 31.5 Å². The third kappa shape index (κ3) is 1.84. The molecule has 0 aromatic heterocycles. The maximum atomic E-state index is 12.6. The molecule has 1 fully saturated rings. The van der Waals surface area contributed by atoms with Crippen molar-refractivity contribution in [2.75, 3.05) is 6.54 Å². The molecule has 0 unspecified atom stereocenters. The monoisotopic (exact) mass is 241 g/mol. The minimum atomic E-state index is -4.23. The predicted molar refractivity (Wildman–Crippen MR) is 58.6 cm³/mol. The molecule has 2 aliphatic rings. The standard InChI is InChI=1S/C13H14F3N/c14-13(15,16)10-3-4-11-9(7-10)6-8-2-1-5-17-12(8)11/h3-4,7-8,12,17H,1-2,5-6H2/t8-,12-/m1/s1. The molecule has 0 bridgehead atoms. The normalized spacial score (nSPS) is 27.7. The zero-order valence-corrected chi connectivity index (χ0v) is 9.35. The highest BCUT2D eigenvalue weighted by Gasteiger charge is 2.37. The van der Waals surface area contributed by atoms with E-state index in [1.54, 1.807) is 6.07 Å². The average Bonchev–Trinajstić information content (AvgIpc) is 2.65. The number of benzene rings is 1. The van der Waals surface area contributed by atoms with E-state index < -0.39 is 11.7 Å². The lowest BCUT2D eigenvalue weighted by atomic mass is 9.92. The van der Waals surface area contributed by atoms with E-state index in [0.717, 1.165) is 36.9 Å². The van der Waals surface area contributed by atoms with Crippen LogP contribution in [-0.2, 0) is 12.6 Å². The molecule has 0 saturated carbocycles. The lowest BCUT2D eigenvalue weighted by Gasteiger charge is -2.27. The number of rotatable bonds is 0. The molecule has 1 aromatic carbocycles. The van der Waals surface area contributed by atoms with Crippen LogP contribution in [-0.4, -0.2) is 6.54 Å². The predicted octanol–water partition coefficient (Wildman–Crippen LogP) is 3.30. The Morgan fingerprint density at radius 2 is 2.06 bits per heavy atom. The van der Waals surface area contributed by atoms with E-state index in [1.807, 2.05) is 0 Å². The van der Waals surface area contributed by atoms with Gasteiger partial charge in [-0.3, -0.25) is 0 Å². The Morgan fingerprint density at radius 1 is 1.24 bits per heavy atom. The van der Waals surface area contributed by atoms with Gasteiger partial charge in [-0.2, -0.15) is 13.2 Å². The topological polar surface area (TPSA) is 12.0 Å². The van der Waals surface area contributed by atoms with E-state index in [-0.39, 0.29) is 6.04 Å². The maximum absolute atomic E-state index is 12.6. The molecule has 17 heavy (non-hydrogen) atoms. The molecule has 0 radical (unpaired) electrons. The zero-order valence-electron chi connectivity index (χ0n) is 9.35. The van der Waals surface area contributed by atoms with Crippen molar-refractivity contribution in [3.63, 3.8) is 0 Å². The van der Waals surface area contributed by atoms with Crippen LogP contribution in [0, 0.1) is 5.92 Å². The van der Waals surface area contributed by atoms with Gasteiger partial charge in [-0.15, -0.1) is 0 Å². The first-order chi connectivity index (χ1) is 8.05. The summed E-state index contributed by atoms with van der Waals surface area (Å²) in [4.78, 5) is 0. The molecule has 1 saturated heterocycles. The fourth-order valence-corrected chi connectivity index (χ4v) is 3.08. The van der Waals surface area contributed by atoms with Gasteiger partial charge in [0.05, 0.1) is 5.56 Å². The van der Waals surface area contributed by atoms with Crippen LogP contribution in [0.4, 0.5) is 13.2 Å². The second-order valence-electron chi connectivity index (χ2n) is 4.95. The average molecular weight is 241 g/mol. The Bertz CT molecular complexity index is 439. The highest BCUT2D eigenvalue weighted by Crippen LogP contribution is 2.42. The summed E-state index contributed by atoms with van der Waals surface area (Å²) in [6.07, 6.45) is -1.19. The molecule has 92 valence electrons. The molecule has 1 aliphatic heterocycles. The van der Waals surface area contributed by atoms with Crippen molar-refractivity contribution in [1.82, 2.24) is 5.32 Å². The van der Waals surface area contributed by atoms with Crippen molar-refractivity contribution in [3.05, 3.63) is 34.9 Å². The number of halogens is 3. The second-order valence-corrected chi connectivity index (χ2v) is 4.95. The summed E-state index contributed by atoms with van der Waals surface area (Å²) in [7, 11) is 0. The van der Waals surface area contributed by atoms with Crippen molar-refractivity contribution in [3.8, 4) is 0 Å². The Balaban J connectivity index is 1.97. The van der Waals surface area contributed by atoms with Gasteiger partial charge in [-0.05, 0) is 55.0 Å². The zero-order chi connectivity index (χ0) is 12.0. The van der Waals surface area contributed by atoms with Crippen molar-refractivity contribution in [1.29, 1.82) is 0 Å². The SMILES string of the molecule is FC(F)(F)c1ccc2c(c1)C[C@H]1CCCN[C@@H]21. The highest BCUT2D eigenvalue weighted by atomic mass is 19.4. The molecule has 2 atom stereocenters. The van der Waals surface area contributed by atoms with Gasteiger partial charge >= 0.3 is 6.18 Å². The van der Waals surface area contributed by atoms with Gasteiger partial charge in [-0.1, -0.05) is 6.07 Å². The molecule has 1 heterocycles. The van der Waals surface area contributed by atoms with E-state index in [4.69, 9.17) is 0 Å². The Kier molecular flexibility index (Phi) is 2.43. The third-order valence-electron chi connectivity index (χ3n) is 3.87. The lowest BCUT2D eigenvalue weighted by molar-refractivity contribution is -0.137. The largest absolute Gasteiger partial charge is 0.416 e. The molecule has 1 N–H and O–H groups in total. The lowest BCUT2D eigenvalue weighted by Crippen LogP contribution is -2.31. The summed E-state index contributed by atoms with van der Waals surface area (Å²) in [6.45, 7) is 0.974. The summed E-state index contributed by atoms with van der Waals surface area (Å²) >= 11 is 0. The second kappa shape index (κ2) is 3.73. The number of hydrogen-bond donors (Lipinski definition) is 1. The van der Waals surface area contributed by atoms with Gasteiger partial charge in [0, 0.05) is 6.04 Å². The molecule has 4 heteroatoms. The van der Waals surface area contributed by atoms with Crippen LogP contribution in [0.2, 0.25) is 0 Å². The Morgan fingerprint density at radius 3 is 2.82 bits per heavy atom. The van der Waals surface area contributed by atoms with E-state index >= 15 is 0 Å². The van der Waals surface area contributed by atoms with Crippen molar-refractivity contribution in [2.24, 2.45) is 5.92 Å². The van der Waals surface area contributed by atoms with Crippen molar-refractivity contribution < 1.29 is 13.2 Å². The van der Waals surface area contributed by atoms with Crippen LogP contribution >= 0.6 is 0 Å². The Hall–Kier alpha value is -1.03. The van der Waals surface area contributed by atoms with Gasteiger partial charge in [0.15, 0.2) is 0 Å². The van der Waals surface area contributed by atoms with E-state index in [2.05, 4.69) is 5.32 Å². The number of piperidine rings is 1. The molecular weight excluding hydrogens is 227 g/mol. The first-order valence-electron chi connectivity index (χ1n) is 5.99. The van der Waals surface area contributed by atoms with Crippen molar-refractivity contribution >= 4 is 0 Å². The van der Waals surface area contributed by atoms with E-state index in [1.165, 1.54) is 12.1 Å². The summed E-state index contributed by atoms with van der Waals surface area (Å²) in [5.74, 6) is 0.488. The minimum absolute atomic E-state index is 0.279. The van der Waals surface area contributed by atoms with Crippen LogP contribution in [0.1, 0.15) is 35.6 Å². The smallest absolute Gasteiger partial charge is 0.310 e. The van der Waals surface area contributed by atoms with E-state index in [9.17, 15) is 13.2 Å². The van der Waals surface area contributed by atoms with E-state index in [0.29, 0.717) is 5.92 Å². The summed E-state index contributed by atoms with van der Waals surface area (Å²) < 4.78 is 37.8. The quantitative estimate of drug-likeness (QED) is 0.734. The van der Waals surface area contributed by atoms with Gasteiger partial charge < -0.3 is 5.32 Å². The molecule has 0 amide bonds. The molecular formula is C13H14F3N. The van der Waals surface area contributed by atoms with Gasteiger partial charge in [-0.25, -0.2) is 0 Å². The molecule has 1 aliphatic carbocycles. The van der Waals surface area contributed by atoms with Gasteiger partial charge in [0.25, 0.3) is 0 Å². The molecule has 3 rings (SSSR count). The fraction of sp³-hybridized carbons (Fsp3) is 0.538. The van der Waals surface area contributed by atoms with Gasteiger partial charge in [0.1, 0.15) is 0 Å². The number of fused-ring (bicyclic) bond motifs is 3. The van der Waals surface area contributed by atoms with Crippen LogP contribution in [0.15, 0.2) is 18.2 Å². The number of nitrogens with one attached hydrogen (secondary N) is 1. The number of hydrogen-bond acceptors (Lipinski definition) is 1. The first kappa shape index (κ1) is 11.1. The van der Waals surface area contributed by atoms with Crippen LogP contribution in [0.5, 0.6) is 0 Å². The summed E-state index contributed by atoms with van der Waals surface area (Å²) in [5, 5.41) is 3.41. The highest BCUT2D eigenvalue weighted by molar-refractivity contribution is 5.40. The summed E-state index contributed by atoms with van der Waals surface area (Å²) in [6, 6.07) is 4.47. The van der Waals surface area contributed by atoms with Crippen LogP contribution in [0.25, 0.3) is 0 Å². The minimum Gasteiger partial charge on any atom is -0.310 e. The third-order valence-corrected chi connectivity index (χ3v) is 3.87. The maximum Gasteiger partial charge on any atom is 0.416 e. The van der Waals surface area contributed by atoms with Crippen LogP contribution < -0.4 is 5.32 Å². The molecule has 1 aromatic rings. The Labute approximate surface area is 98.0 Å². The fourth-order valence-electron chi connectivity index (χ4n) is 3.08. The molecule has 1 nitrogen and oxygen atoms in total. The number of alkyl halides is 3. The van der Waals surface area contributed by atoms with Crippen LogP contribution in [0.3, 0.4) is 0 Å². The van der Waals surface area contributed by atoms with Gasteiger partial charge in [0.2, 0.25) is 0 Å².